The van der Waals surface area contributed by atoms with E-state index < -0.39 is 0 Å². The lowest BCUT2D eigenvalue weighted by Gasteiger charge is -2.07. The Labute approximate surface area is 118 Å². The fourth-order valence-corrected chi connectivity index (χ4v) is 1.84. The zero-order valence-electron chi connectivity index (χ0n) is 11.3. The first-order valence-corrected chi connectivity index (χ1v) is 6.50. The van der Waals surface area contributed by atoms with E-state index in [9.17, 15) is 4.79 Å². The first-order chi connectivity index (χ1) is 9.72. The van der Waals surface area contributed by atoms with Crippen molar-refractivity contribution in [3.63, 3.8) is 0 Å². The van der Waals surface area contributed by atoms with E-state index in [1.54, 1.807) is 24.3 Å². The van der Waals surface area contributed by atoms with E-state index in [-0.39, 0.29) is 12.2 Å². The summed E-state index contributed by atoms with van der Waals surface area (Å²) in [6.07, 6.45) is 0.868. The highest BCUT2D eigenvalue weighted by Crippen LogP contribution is 2.23. The van der Waals surface area contributed by atoms with E-state index >= 15 is 0 Å². The second-order valence-corrected chi connectivity index (χ2v) is 4.39. The third-order valence-corrected chi connectivity index (χ3v) is 2.96. The highest BCUT2D eigenvalue weighted by atomic mass is 16.5. The summed E-state index contributed by atoms with van der Waals surface area (Å²) in [6.45, 7) is 2.10. The molecule has 0 aliphatic heterocycles. The first kappa shape index (κ1) is 13.8. The number of ether oxygens (including phenoxy) is 1. The molecule has 0 heterocycles. The number of ketones is 1. The Hall–Kier alpha value is -2.60. The number of carbonyl (C=O) groups is 1. The Balaban J connectivity index is 2.15. The lowest BCUT2D eigenvalue weighted by molar-refractivity contribution is 0.0997. The summed E-state index contributed by atoms with van der Waals surface area (Å²) in [6, 6.07) is 16.6. The minimum Gasteiger partial charge on any atom is -0.457 e. The number of carbonyl (C=O) groups excluding carboxylic acids is 1. The smallest absolute Gasteiger partial charge is 0.177 e. The van der Waals surface area contributed by atoms with Gasteiger partial charge in [0.15, 0.2) is 5.78 Å². The number of nitriles is 1. The number of nitrogens with zero attached hydrogens (tertiary/aromatic N) is 1. The van der Waals surface area contributed by atoms with Crippen molar-refractivity contribution < 1.29 is 9.53 Å². The van der Waals surface area contributed by atoms with Crippen LogP contribution < -0.4 is 4.74 Å². The van der Waals surface area contributed by atoms with Gasteiger partial charge in [-0.1, -0.05) is 31.2 Å². The molecule has 20 heavy (non-hydrogen) atoms. The van der Waals surface area contributed by atoms with Gasteiger partial charge in [0.25, 0.3) is 0 Å². The van der Waals surface area contributed by atoms with Crippen LogP contribution in [0.15, 0.2) is 48.5 Å². The second-order valence-electron chi connectivity index (χ2n) is 4.39. The molecule has 2 rings (SSSR count). The number of hydrogen-bond donors (Lipinski definition) is 0. The van der Waals surface area contributed by atoms with Gasteiger partial charge in [-0.3, -0.25) is 4.79 Å². The number of rotatable bonds is 5. The van der Waals surface area contributed by atoms with Gasteiger partial charge in [-0.2, -0.15) is 5.26 Å². The van der Waals surface area contributed by atoms with Crippen LogP contribution in [0.2, 0.25) is 0 Å². The molecule has 2 aromatic carbocycles. The predicted octanol–water partition coefficient (Wildman–Crippen LogP) is 4.14. The standard InChI is InChI=1S/C17H15NO2/c1-2-13-6-8-15(9-7-13)20-16-5-3-4-14(12-16)17(19)10-11-18/h3-9,12H,2,10H2,1H3. The Bertz CT molecular complexity index is 639. The lowest BCUT2D eigenvalue weighted by Crippen LogP contribution is -1.97. The molecule has 3 nitrogen and oxygen atoms in total. The molecule has 0 aliphatic rings. The summed E-state index contributed by atoms with van der Waals surface area (Å²) in [5.41, 5.74) is 1.74. The maximum Gasteiger partial charge on any atom is 0.177 e. The average molecular weight is 265 g/mol. The molecule has 0 saturated heterocycles. The zero-order valence-corrected chi connectivity index (χ0v) is 11.3. The largest absolute Gasteiger partial charge is 0.457 e. The van der Waals surface area contributed by atoms with Crippen LogP contribution in [0.25, 0.3) is 0 Å². The van der Waals surface area contributed by atoms with Crippen molar-refractivity contribution in [2.75, 3.05) is 0 Å². The molecule has 0 N–H and O–H groups in total. The van der Waals surface area contributed by atoms with Gasteiger partial charge in [-0.15, -0.1) is 0 Å². The Morgan fingerprint density at radius 2 is 1.90 bits per heavy atom. The lowest BCUT2D eigenvalue weighted by atomic mass is 10.1. The van der Waals surface area contributed by atoms with E-state index in [1.807, 2.05) is 30.3 Å². The van der Waals surface area contributed by atoms with Crippen molar-refractivity contribution in [3.05, 3.63) is 59.7 Å². The van der Waals surface area contributed by atoms with Crippen molar-refractivity contribution in [1.29, 1.82) is 5.26 Å². The summed E-state index contributed by atoms with van der Waals surface area (Å²) >= 11 is 0. The molecule has 0 aliphatic carbocycles. The third-order valence-electron chi connectivity index (χ3n) is 2.96. The van der Waals surface area contributed by atoms with Crippen molar-refractivity contribution in [2.24, 2.45) is 0 Å². The normalized spacial score (nSPS) is 9.80. The minimum absolute atomic E-state index is 0.116. The molecule has 2 aromatic rings. The van der Waals surface area contributed by atoms with Gasteiger partial charge >= 0.3 is 0 Å². The van der Waals surface area contributed by atoms with Crippen LogP contribution >= 0.6 is 0 Å². The summed E-state index contributed by atoms with van der Waals surface area (Å²) in [4.78, 5) is 11.7. The van der Waals surface area contributed by atoms with Gasteiger partial charge in [-0.05, 0) is 36.2 Å². The average Bonchev–Trinajstić information content (AvgIpc) is 2.48. The van der Waals surface area contributed by atoms with Crippen LogP contribution in [0.3, 0.4) is 0 Å². The first-order valence-electron chi connectivity index (χ1n) is 6.50. The second kappa shape index (κ2) is 6.53. The Kier molecular flexibility index (Phi) is 4.52. The van der Waals surface area contributed by atoms with Crippen LogP contribution in [0, 0.1) is 11.3 Å². The quantitative estimate of drug-likeness (QED) is 0.763. The monoisotopic (exact) mass is 265 g/mol. The van der Waals surface area contributed by atoms with E-state index in [0.29, 0.717) is 11.3 Å². The van der Waals surface area contributed by atoms with E-state index in [1.165, 1.54) is 5.56 Å². The van der Waals surface area contributed by atoms with Gasteiger partial charge in [0.1, 0.15) is 11.5 Å². The molecule has 0 saturated carbocycles. The van der Waals surface area contributed by atoms with Crippen LogP contribution in [0.5, 0.6) is 11.5 Å². The van der Waals surface area contributed by atoms with E-state index in [4.69, 9.17) is 10.00 Å². The number of Topliss-reactive ketones (excluding diaryl/α,β-unsaturated/α-hetero) is 1. The summed E-state index contributed by atoms with van der Waals surface area (Å²) in [7, 11) is 0. The highest BCUT2D eigenvalue weighted by Gasteiger charge is 2.06. The molecule has 0 aromatic heterocycles. The summed E-state index contributed by atoms with van der Waals surface area (Å²) in [5, 5.41) is 8.55. The molecule has 0 unspecified atom stereocenters. The van der Waals surface area contributed by atoms with Gasteiger partial charge in [0.2, 0.25) is 0 Å². The number of hydrogen-bond acceptors (Lipinski definition) is 3. The fourth-order valence-electron chi connectivity index (χ4n) is 1.84. The van der Waals surface area contributed by atoms with Crippen molar-refractivity contribution >= 4 is 5.78 Å². The fraction of sp³-hybridized carbons (Fsp3) is 0.176. The molecule has 0 spiro atoms. The van der Waals surface area contributed by atoms with Crippen LogP contribution in [0.4, 0.5) is 0 Å². The SMILES string of the molecule is CCc1ccc(Oc2cccc(C(=O)CC#N)c2)cc1. The van der Waals surface area contributed by atoms with Gasteiger partial charge in [-0.25, -0.2) is 0 Å². The molecular formula is C17H15NO2. The molecule has 0 radical (unpaired) electrons. The van der Waals surface area contributed by atoms with E-state index in [0.717, 1.165) is 12.2 Å². The number of aryl methyl sites for hydroxylation is 1. The molecule has 0 bridgehead atoms. The maximum absolute atomic E-state index is 11.7. The van der Waals surface area contributed by atoms with Crippen molar-refractivity contribution in [3.8, 4) is 17.6 Å². The summed E-state index contributed by atoms with van der Waals surface area (Å²) in [5.74, 6) is 1.13. The predicted molar refractivity (Wildman–Crippen MR) is 76.9 cm³/mol. The highest BCUT2D eigenvalue weighted by molar-refractivity contribution is 5.97. The van der Waals surface area contributed by atoms with Crippen molar-refractivity contribution in [2.45, 2.75) is 19.8 Å². The van der Waals surface area contributed by atoms with Gasteiger partial charge in [0.05, 0.1) is 12.5 Å². The molecule has 100 valence electrons. The third kappa shape index (κ3) is 3.46. The van der Waals surface area contributed by atoms with Gasteiger partial charge < -0.3 is 4.74 Å². The van der Waals surface area contributed by atoms with Crippen LogP contribution in [0.1, 0.15) is 29.3 Å². The van der Waals surface area contributed by atoms with Crippen LogP contribution in [-0.4, -0.2) is 5.78 Å². The van der Waals surface area contributed by atoms with Crippen LogP contribution in [-0.2, 0) is 6.42 Å². The number of benzene rings is 2. The Morgan fingerprint density at radius 1 is 1.15 bits per heavy atom. The van der Waals surface area contributed by atoms with Gasteiger partial charge in [0, 0.05) is 5.56 Å². The molecular weight excluding hydrogens is 250 g/mol. The summed E-state index contributed by atoms with van der Waals surface area (Å²) < 4.78 is 5.71. The molecule has 0 amide bonds. The molecule has 3 heteroatoms. The topological polar surface area (TPSA) is 50.1 Å². The zero-order chi connectivity index (χ0) is 14.4. The molecule has 0 fully saturated rings. The van der Waals surface area contributed by atoms with E-state index in [2.05, 4.69) is 6.92 Å². The minimum atomic E-state index is -0.195. The van der Waals surface area contributed by atoms with Crippen molar-refractivity contribution in [1.82, 2.24) is 0 Å². The Morgan fingerprint density at radius 3 is 2.55 bits per heavy atom. The molecule has 0 atom stereocenters. The maximum atomic E-state index is 11.7.